The fourth-order valence-electron chi connectivity index (χ4n) is 1.44. The summed E-state index contributed by atoms with van der Waals surface area (Å²) < 4.78 is 13.4. The molecule has 0 saturated heterocycles. The van der Waals surface area contributed by atoms with Crippen LogP contribution in [0.1, 0.15) is 20.8 Å². The highest BCUT2D eigenvalue weighted by molar-refractivity contribution is 6.31. The zero-order valence-corrected chi connectivity index (χ0v) is 10.7. The summed E-state index contributed by atoms with van der Waals surface area (Å²) in [4.78, 5) is 26.1. The number of carboxylic acids is 1. The third-order valence-corrected chi connectivity index (χ3v) is 2.66. The lowest BCUT2D eigenvalue weighted by molar-refractivity contribution is 0.0690. The van der Waals surface area contributed by atoms with Crippen LogP contribution in [0, 0.1) is 5.82 Å². The number of rotatable bonds is 3. The standard InChI is InChI=1S/C13H8ClFN2O3/c14-8-2-3-9(15)11(5-8)17-12(18)7-1-4-10(13(19)20)16-6-7/h1-6H,(H,17,18)(H,19,20). The topological polar surface area (TPSA) is 79.3 Å². The van der Waals surface area contributed by atoms with Crippen molar-refractivity contribution in [1.82, 2.24) is 4.98 Å². The van der Waals surface area contributed by atoms with E-state index in [1.165, 1.54) is 24.3 Å². The SMILES string of the molecule is O=C(Nc1cc(Cl)ccc1F)c1ccc(C(=O)O)nc1. The second-order valence-corrected chi connectivity index (χ2v) is 4.25. The number of aromatic nitrogens is 1. The van der Waals surface area contributed by atoms with E-state index < -0.39 is 17.7 Å². The van der Waals surface area contributed by atoms with Gasteiger partial charge in [-0.25, -0.2) is 14.2 Å². The van der Waals surface area contributed by atoms with Crippen molar-refractivity contribution in [3.8, 4) is 0 Å². The first kappa shape index (κ1) is 14.0. The highest BCUT2D eigenvalue weighted by Gasteiger charge is 2.11. The molecule has 0 atom stereocenters. The highest BCUT2D eigenvalue weighted by Crippen LogP contribution is 2.20. The molecule has 0 bridgehead atoms. The van der Waals surface area contributed by atoms with Crippen molar-refractivity contribution in [1.29, 1.82) is 0 Å². The largest absolute Gasteiger partial charge is 0.477 e. The highest BCUT2D eigenvalue weighted by atomic mass is 35.5. The van der Waals surface area contributed by atoms with Gasteiger partial charge in [-0.05, 0) is 30.3 Å². The maximum Gasteiger partial charge on any atom is 0.354 e. The van der Waals surface area contributed by atoms with Crippen LogP contribution in [0.15, 0.2) is 36.5 Å². The number of carbonyl (C=O) groups is 2. The van der Waals surface area contributed by atoms with Crippen molar-refractivity contribution in [2.45, 2.75) is 0 Å². The minimum Gasteiger partial charge on any atom is -0.477 e. The minimum absolute atomic E-state index is 0.0650. The zero-order chi connectivity index (χ0) is 14.7. The quantitative estimate of drug-likeness (QED) is 0.912. The van der Waals surface area contributed by atoms with Crippen LogP contribution in [-0.4, -0.2) is 22.0 Å². The van der Waals surface area contributed by atoms with E-state index in [1.54, 1.807) is 0 Å². The Bertz CT molecular complexity index is 674. The molecule has 0 spiro atoms. The second kappa shape index (κ2) is 5.66. The van der Waals surface area contributed by atoms with Crippen molar-refractivity contribution in [3.05, 3.63) is 58.6 Å². The van der Waals surface area contributed by atoms with Crippen LogP contribution in [0.4, 0.5) is 10.1 Å². The molecule has 2 N–H and O–H groups in total. The molecule has 7 heteroatoms. The molecule has 102 valence electrons. The van der Waals surface area contributed by atoms with Crippen molar-refractivity contribution in [3.63, 3.8) is 0 Å². The Kier molecular flexibility index (Phi) is 3.95. The molecule has 0 saturated carbocycles. The molecule has 0 radical (unpaired) electrons. The molecular weight excluding hydrogens is 287 g/mol. The number of halogens is 2. The predicted octanol–water partition coefficient (Wildman–Crippen LogP) is 2.82. The van der Waals surface area contributed by atoms with Gasteiger partial charge in [0.25, 0.3) is 5.91 Å². The molecule has 0 aliphatic rings. The van der Waals surface area contributed by atoms with E-state index in [1.807, 2.05) is 0 Å². The maximum atomic E-state index is 13.4. The summed E-state index contributed by atoms with van der Waals surface area (Å²) >= 11 is 5.71. The van der Waals surface area contributed by atoms with E-state index in [-0.39, 0.29) is 22.0 Å². The summed E-state index contributed by atoms with van der Waals surface area (Å²) in [6.07, 6.45) is 1.10. The third-order valence-electron chi connectivity index (χ3n) is 2.42. The summed E-state index contributed by atoms with van der Waals surface area (Å²) in [7, 11) is 0. The average molecular weight is 295 g/mol. The lowest BCUT2D eigenvalue weighted by Crippen LogP contribution is -2.14. The molecule has 0 aliphatic carbocycles. The van der Waals surface area contributed by atoms with Crippen LogP contribution in [0.2, 0.25) is 5.02 Å². The summed E-state index contributed by atoms with van der Waals surface area (Å²) in [5.74, 6) is -2.44. The normalized spacial score (nSPS) is 10.1. The van der Waals surface area contributed by atoms with Crippen molar-refractivity contribution in [2.75, 3.05) is 5.32 Å². The predicted molar refractivity (Wildman–Crippen MR) is 70.6 cm³/mol. The van der Waals surface area contributed by atoms with E-state index in [4.69, 9.17) is 16.7 Å². The molecule has 1 aromatic heterocycles. The van der Waals surface area contributed by atoms with Crippen molar-refractivity contribution in [2.24, 2.45) is 0 Å². The van der Waals surface area contributed by atoms with Gasteiger partial charge in [0.1, 0.15) is 11.5 Å². The molecule has 5 nitrogen and oxygen atoms in total. The van der Waals surface area contributed by atoms with Gasteiger partial charge in [0.05, 0.1) is 11.3 Å². The fraction of sp³-hybridized carbons (Fsp3) is 0. The van der Waals surface area contributed by atoms with Gasteiger partial charge in [0, 0.05) is 11.2 Å². The number of hydrogen-bond donors (Lipinski definition) is 2. The fourth-order valence-corrected chi connectivity index (χ4v) is 1.61. The lowest BCUT2D eigenvalue weighted by Gasteiger charge is -2.06. The summed E-state index contributed by atoms with van der Waals surface area (Å²) in [5, 5.41) is 11.3. The van der Waals surface area contributed by atoms with Crippen LogP contribution in [0.5, 0.6) is 0 Å². The summed E-state index contributed by atoms with van der Waals surface area (Å²) in [6, 6.07) is 6.23. The van der Waals surface area contributed by atoms with E-state index >= 15 is 0 Å². The van der Waals surface area contributed by atoms with Crippen LogP contribution >= 0.6 is 11.6 Å². The third kappa shape index (κ3) is 3.10. The smallest absolute Gasteiger partial charge is 0.354 e. The van der Waals surface area contributed by atoms with Gasteiger partial charge in [-0.3, -0.25) is 4.79 Å². The van der Waals surface area contributed by atoms with Gasteiger partial charge < -0.3 is 10.4 Å². The van der Waals surface area contributed by atoms with E-state index in [9.17, 15) is 14.0 Å². The number of nitrogens with one attached hydrogen (secondary N) is 1. The van der Waals surface area contributed by atoms with E-state index in [0.717, 1.165) is 12.3 Å². The Labute approximate surface area is 118 Å². The van der Waals surface area contributed by atoms with Crippen LogP contribution in [-0.2, 0) is 0 Å². The molecule has 0 aliphatic heterocycles. The first-order valence-electron chi connectivity index (χ1n) is 5.43. The number of nitrogens with zero attached hydrogens (tertiary/aromatic N) is 1. The first-order valence-corrected chi connectivity index (χ1v) is 5.81. The van der Waals surface area contributed by atoms with Gasteiger partial charge in [-0.1, -0.05) is 11.6 Å². The maximum absolute atomic E-state index is 13.4. The molecule has 2 aromatic rings. The first-order chi connectivity index (χ1) is 9.47. The number of carboxylic acid groups (broad SMARTS) is 1. The molecular formula is C13H8ClFN2O3. The van der Waals surface area contributed by atoms with Gasteiger partial charge in [-0.15, -0.1) is 0 Å². The molecule has 0 fully saturated rings. The molecule has 2 rings (SSSR count). The molecule has 20 heavy (non-hydrogen) atoms. The number of aromatic carboxylic acids is 1. The second-order valence-electron chi connectivity index (χ2n) is 3.82. The molecule has 1 aromatic carbocycles. The lowest BCUT2D eigenvalue weighted by atomic mass is 10.2. The molecule has 1 amide bonds. The number of amides is 1. The number of anilines is 1. The number of hydrogen-bond acceptors (Lipinski definition) is 3. The number of pyridine rings is 1. The van der Waals surface area contributed by atoms with E-state index in [0.29, 0.717) is 0 Å². The Balaban J connectivity index is 2.19. The Morgan fingerprint density at radius 1 is 1.25 bits per heavy atom. The van der Waals surface area contributed by atoms with Crippen LogP contribution in [0.3, 0.4) is 0 Å². The zero-order valence-electron chi connectivity index (χ0n) is 9.93. The van der Waals surface area contributed by atoms with Crippen molar-refractivity contribution >= 4 is 29.2 Å². The number of carbonyl (C=O) groups excluding carboxylic acids is 1. The van der Waals surface area contributed by atoms with Gasteiger partial charge in [0.2, 0.25) is 0 Å². The minimum atomic E-state index is -1.20. The number of benzene rings is 1. The van der Waals surface area contributed by atoms with Crippen LogP contribution in [0.25, 0.3) is 0 Å². The Morgan fingerprint density at radius 2 is 2.00 bits per heavy atom. The van der Waals surface area contributed by atoms with Gasteiger partial charge in [-0.2, -0.15) is 0 Å². The Hall–Kier alpha value is -2.47. The monoisotopic (exact) mass is 294 g/mol. The average Bonchev–Trinajstić information content (AvgIpc) is 2.43. The van der Waals surface area contributed by atoms with Crippen LogP contribution < -0.4 is 5.32 Å². The Morgan fingerprint density at radius 3 is 2.60 bits per heavy atom. The van der Waals surface area contributed by atoms with Gasteiger partial charge >= 0.3 is 5.97 Å². The van der Waals surface area contributed by atoms with Gasteiger partial charge in [0.15, 0.2) is 0 Å². The van der Waals surface area contributed by atoms with E-state index in [2.05, 4.69) is 10.3 Å². The molecule has 1 heterocycles. The summed E-state index contributed by atoms with van der Waals surface area (Å²) in [6.45, 7) is 0. The summed E-state index contributed by atoms with van der Waals surface area (Å²) in [5.41, 5.74) is -0.144. The van der Waals surface area contributed by atoms with Crippen molar-refractivity contribution < 1.29 is 19.1 Å². The molecule has 0 unspecified atom stereocenters.